The fourth-order valence-corrected chi connectivity index (χ4v) is 9.47. The van der Waals surface area contributed by atoms with Crippen LogP contribution in [0.1, 0.15) is 95.9 Å². The van der Waals surface area contributed by atoms with E-state index >= 15 is 0 Å². The van der Waals surface area contributed by atoms with E-state index in [4.69, 9.17) is 22.4 Å². The van der Waals surface area contributed by atoms with Gasteiger partial charge in [0.1, 0.15) is 0 Å². The van der Waals surface area contributed by atoms with Crippen molar-refractivity contribution in [2.24, 2.45) is 11.7 Å². The van der Waals surface area contributed by atoms with E-state index in [1.165, 1.54) is 57.6 Å². The summed E-state index contributed by atoms with van der Waals surface area (Å²) < 4.78 is 34.6. The van der Waals surface area contributed by atoms with Crippen LogP contribution in [-0.4, -0.2) is 44.0 Å². The van der Waals surface area contributed by atoms with Crippen LogP contribution >= 0.6 is 11.6 Å². The third-order valence-electron chi connectivity index (χ3n) is 12.3. The van der Waals surface area contributed by atoms with Gasteiger partial charge < -0.3 is 15.6 Å². The summed E-state index contributed by atoms with van der Waals surface area (Å²) in [4.78, 5) is 33.2. The Hall–Kier alpha value is -4.78. The number of sulfonamides is 1. The third kappa shape index (κ3) is 13.4. The van der Waals surface area contributed by atoms with Gasteiger partial charge in [0.15, 0.2) is 5.92 Å². The first-order valence-electron chi connectivity index (χ1n) is 20.1. The van der Waals surface area contributed by atoms with Crippen molar-refractivity contribution in [2.75, 3.05) is 13.7 Å². The van der Waals surface area contributed by atoms with Crippen LogP contribution in [0.5, 0.6) is 0 Å². The van der Waals surface area contributed by atoms with Crippen LogP contribution in [-0.2, 0) is 43.8 Å². The maximum atomic E-state index is 13.6. The number of carbonyl (C=O) groups is 2. The zero-order valence-corrected chi connectivity index (χ0v) is 41.4. The molecule has 5 aromatic carbocycles. The second kappa shape index (κ2) is 23.8. The second-order valence-corrected chi connectivity index (χ2v) is 17.7. The van der Waals surface area contributed by atoms with Gasteiger partial charge in [-0.15, -0.1) is 0 Å². The van der Waals surface area contributed by atoms with Gasteiger partial charge in [0.05, 0.1) is 30.0 Å². The maximum absolute atomic E-state index is 13.6. The van der Waals surface area contributed by atoms with E-state index in [-0.39, 0.29) is 19.5 Å². The van der Waals surface area contributed by atoms with E-state index in [0.29, 0.717) is 15.5 Å². The first kappa shape index (κ1) is 54.4. The van der Waals surface area contributed by atoms with Crippen LogP contribution < -0.4 is 10.5 Å². The van der Waals surface area contributed by atoms with Crippen molar-refractivity contribution in [1.29, 1.82) is 0 Å². The molecule has 0 amide bonds. The minimum Gasteiger partial charge on any atom is -0.481 e. The number of nitrogens with zero attached hydrogens (tertiary/aromatic N) is 1. The summed E-state index contributed by atoms with van der Waals surface area (Å²) in [5.74, 6) is -5.28. The zero-order chi connectivity index (χ0) is 46.8. The summed E-state index contributed by atoms with van der Waals surface area (Å²) in [5, 5.41) is 20.2. The molecule has 4 atom stereocenters. The van der Waals surface area contributed by atoms with E-state index in [2.05, 4.69) is 51.0 Å². The first-order chi connectivity index (χ1) is 29.0. The van der Waals surface area contributed by atoms with E-state index < -0.39 is 57.3 Å². The molecule has 0 heterocycles. The molecule has 63 heavy (non-hydrogen) atoms. The Labute approximate surface area is 390 Å². The number of esters is 1. The Bertz CT molecular complexity index is 2370. The van der Waals surface area contributed by atoms with Gasteiger partial charge in [-0.3, -0.25) is 19.7 Å². The number of hydrogen-bond donors (Lipinski definition) is 3. The molecule has 14 heteroatoms. The van der Waals surface area contributed by atoms with Crippen molar-refractivity contribution in [3.63, 3.8) is 0 Å². The van der Waals surface area contributed by atoms with Gasteiger partial charge in [0.2, 0.25) is 16.6 Å². The molecule has 0 radical (unpaired) electrons. The molecule has 5 aromatic rings. The third-order valence-corrected chi connectivity index (χ3v) is 14.3. The molecular weight excluding hydrogens is 927 g/mol. The van der Waals surface area contributed by atoms with Crippen molar-refractivity contribution in [1.82, 2.24) is 4.72 Å². The number of methoxy groups -OCH3 is 1. The van der Waals surface area contributed by atoms with Gasteiger partial charge in [-0.05, 0) is 166 Å². The largest absolute Gasteiger partial charge is 0.481 e. The molecule has 4 N–H and O–H groups in total. The number of carbonyl (C=O) groups excluding carboxylic acids is 1. The molecule has 0 saturated carbocycles. The second-order valence-electron chi connectivity index (χ2n) is 15.7. The van der Waals surface area contributed by atoms with Crippen LogP contribution in [0.2, 0.25) is 5.02 Å². The topological polar surface area (TPSA) is 179 Å². The molecule has 2 unspecified atom stereocenters. The number of carboxylic acid groups (broad SMARTS) is 1. The number of carboxylic acids is 1. The van der Waals surface area contributed by atoms with Crippen LogP contribution in [0.15, 0.2) is 89.8 Å². The molecule has 11 nitrogen and oxygen atoms in total. The van der Waals surface area contributed by atoms with Crippen LogP contribution in [0.25, 0.3) is 0 Å². The Morgan fingerprint density at radius 3 is 1.38 bits per heavy atom. The predicted molar refractivity (Wildman–Crippen MR) is 247 cm³/mol. The molecule has 5 rings (SSSR count). The minimum absolute atomic E-state index is 0. The van der Waals surface area contributed by atoms with E-state index in [0.717, 1.165) is 46.1 Å². The standard InChI is InChI=1S/C25H30N2O2S.C12H12ClNO6.C12H18.Ru/c1-16-17(2)19(4)25(20(5)18(16)3)30(28,29)27-24(22-14-10-7-11-15-22)23(26)21-12-8-6-9-13-21;1-20-12(17)10(11(15)16)9(6-14(18)19)7-2-4-8(13)5-3-7;1-7-8(2)10(4)12(6)11(5)9(7)3;/h6-15,23-24,27H,26H2,1-5H3;2-5,9-10H,6H2,1H3,(H,15,16);1-6H3;/t23-,24-;;;/m0.../s1. The molecule has 0 saturated heterocycles. The predicted octanol–water partition coefficient (Wildman–Crippen LogP) is 10.1. The smallest absolute Gasteiger partial charge is 0.320 e. The fraction of sp³-hybridized carbons (Fsp3) is 0.347. The van der Waals surface area contributed by atoms with Crippen molar-refractivity contribution in [3.8, 4) is 0 Å². The average molecular weight is 988 g/mol. The van der Waals surface area contributed by atoms with E-state index in [1.54, 1.807) is 0 Å². The van der Waals surface area contributed by atoms with Crippen LogP contribution in [0, 0.1) is 92.2 Å². The number of ether oxygens (including phenoxy) is 1. The molecule has 0 bridgehead atoms. The molecule has 0 aliphatic rings. The van der Waals surface area contributed by atoms with Crippen molar-refractivity contribution < 1.29 is 52.3 Å². The van der Waals surface area contributed by atoms with Gasteiger partial charge in [-0.25, -0.2) is 13.1 Å². The van der Waals surface area contributed by atoms with Gasteiger partial charge in [-0.2, -0.15) is 0 Å². The molecular formula is C49H60ClN3O8RuS. The summed E-state index contributed by atoms with van der Waals surface area (Å²) in [5.41, 5.74) is 22.0. The molecule has 0 fully saturated rings. The van der Waals surface area contributed by atoms with Crippen molar-refractivity contribution in [2.45, 2.75) is 99.1 Å². The zero-order valence-electron chi connectivity index (χ0n) is 38.1. The summed E-state index contributed by atoms with van der Waals surface area (Å²) in [6.07, 6.45) is 0. The normalized spacial score (nSPS) is 12.8. The number of nitrogens with one attached hydrogen (secondary N) is 1. The van der Waals surface area contributed by atoms with E-state index in [1.807, 2.05) is 95.3 Å². The molecule has 0 spiro atoms. The summed E-state index contributed by atoms with van der Waals surface area (Å²) >= 11 is 5.71. The Morgan fingerprint density at radius 2 is 1.03 bits per heavy atom. The minimum atomic E-state index is -3.81. The molecule has 0 aliphatic carbocycles. The number of nitrogens with two attached hydrogens (primary N) is 1. The monoisotopic (exact) mass is 987 g/mol. The van der Waals surface area contributed by atoms with Gasteiger partial charge in [-0.1, -0.05) is 84.4 Å². The summed E-state index contributed by atoms with van der Waals surface area (Å²) in [7, 11) is -2.78. The van der Waals surface area contributed by atoms with Crippen molar-refractivity contribution >= 4 is 33.6 Å². The average Bonchev–Trinajstić information content (AvgIpc) is 3.25. The quantitative estimate of drug-likeness (QED) is 0.0361. The van der Waals surface area contributed by atoms with Gasteiger partial charge in [0, 0.05) is 29.4 Å². The Kier molecular flexibility index (Phi) is 20.5. The first-order valence-corrected chi connectivity index (χ1v) is 22.0. The SMILES string of the molecule is COC(=O)C(C(=O)O)C(C[N+](=O)[O-])c1ccc(Cl)cc1.Cc1c(C)c(C)c(C)c(C)c1C.Cc1c(C)c(C)c(S(=O)(=O)N[C@@H](c2ccccc2)[C@@H](N)c2ccccc2)c(C)c1C.[Ru]. The number of benzene rings is 5. The molecule has 340 valence electrons. The van der Waals surface area contributed by atoms with Crippen LogP contribution in [0.3, 0.4) is 0 Å². The summed E-state index contributed by atoms with van der Waals surface area (Å²) in [6, 6.07) is 23.8. The summed E-state index contributed by atoms with van der Waals surface area (Å²) in [6.45, 7) is 22.3. The number of hydrogen-bond acceptors (Lipinski definition) is 8. The van der Waals surface area contributed by atoms with E-state index in [9.17, 15) is 28.1 Å². The Morgan fingerprint density at radius 1 is 0.667 bits per heavy atom. The van der Waals surface area contributed by atoms with Gasteiger partial charge in [0.25, 0.3) is 0 Å². The number of nitro groups is 1. The van der Waals surface area contributed by atoms with Crippen molar-refractivity contribution in [3.05, 3.63) is 178 Å². The molecule has 0 aromatic heterocycles. The molecule has 0 aliphatic heterocycles. The van der Waals surface area contributed by atoms with Crippen LogP contribution in [0.4, 0.5) is 0 Å². The number of aliphatic carboxylic acids is 1. The van der Waals surface area contributed by atoms with Gasteiger partial charge >= 0.3 is 11.9 Å². The maximum Gasteiger partial charge on any atom is 0.320 e. The number of rotatable bonds is 12. The Balaban J connectivity index is 0.000000356. The fourth-order valence-electron chi connectivity index (χ4n) is 7.50. The number of halogens is 1.